The maximum absolute atomic E-state index is 11.0. The Kier molecular flexibility index (Phi) is 4.31. The highest BCUT2D eigenvalue weighted by Gasteiger charge is 2.33. The molecule has 0 amide bonds. The second kappa shape index (κ2) is 5.79. The summed E-state index contributed by atoms with van der Waals surface area (Å²) in [6, 6.07) is 3.63. The van der Waals surface area contributed by atoms with E-state index in [0.29, 0.717) is 24.5 Å². The van der Waals surface area contributed by atoms with Crippen molar-refractivity contribution in [3.8, 4) is 11.5 Å². The van der Waals surface area contributed by atoms with Gasteiger partial charge in [-0.1, -0.05) is 15.9 Å². The lowest BCUT2D eigenvalue weighted by molar-refractivity contribution is -0.141. The summed E-state index contributed by atoms with van der Waals surface area (Å²) in [7, 11) is 3.18. The molecule has 0 aliphatic carbocycles. The molecular weight excluding hydrogens is 314 g/mol. The van der Waals surface area contributed by atoms with Crippen LogP contribution in [-0.2, 0) is 4.79 Å². The van der Waals surface area contributed by atoms with Crippen LogP contribution in [0.2, 0.25) is 0 Å². The lowest BCUT2D eigenvalue weighted by Crippen LogP contribution is -2.17. The summed E-state index contributed by atoms with van der Waals surface area (Å²) >= 11 is 3.50. The third-order valence-corrected chi connectivity index (χ3v) is 4.01. The fourth-order valence-electron chi connectivity index (χ4n) is 2.34. The van der Waals surface area contributed by atoms with Crippen molar-refractivity contribution in [3.05, 3.63) is 22.2 Å². The molecule has 104 valence electrons. The number of hydrogen-bond acceptors (Lipinski definition) is 4. The van der Waals surface area contributed by atoms with E-state index < -0.39 is 5.97 Å². The molecule has 1 aromatic rings. The van der Waals surface area contributed by atoms with E-state index in [2.05, 4.69) is 21.2 Å². The SMILES string of the molecule is COc1cc(Br)c(C2CC(C(=O)O)CN2)c(OC)c1. The number of ether oxygens (including phenoxy) is 2. The Bertz CT molecular complexity index is 492. The van der Waals surface area contributed by atoms with Crippen LogP contribution in [0.4, 0.5) is 0 Å². The Balaban J connectivity index is 2.32. The zero-order valence-corrected chi connectivity index (χ0v) is 12.4. The van der Waals surface area contributed by atoms with Crippen LogP contribution in [0.5, 0.6) is 11.5 Å². The van der Waals surface area contributed by atoms with E-state index in [1.807, 2.05) is 6.07 Å². The topological polar surface area (TPSA) is 67.8 Å². The van der Waals surface area contributed by atoms with E-state index in [1.54, 1.807) is 20.3 Å². The van der Waals surface area contributed by atoms with Crippen LogP contribution >= 0.6 is 15.9 Å². The van der Waals surface area contributed by atoms with E-state index >= 15 is 0 Å². The Morgan fingerprint density at radius 2 is 2.16 bits per heavy atom. The van der Waals surface area contributed by atoms with Gasteiger partial charge in [-0.15, -0.1) is 0 Å². The number of hydrogen-bond donors (Lipinski definition) is 2. The Morgan fingerprint density at radius 1 is 1.42 bits per heavy atom. The third kappa shape index (κ3) is 2.84. The molecule has 1 heterocycles. The number of aliphatic carboxylic acids is 1. The maximum Gasteiger partial charge on any atom is 0.307 e. The molecule has 19 heavy (non-hydrogen) atoms. The summed E-state index contributed by atoms with van der Waals surface area (Å²) in [5, 5.41) is 12.3. The molecule has 0 saturated carbocycles. The van der Waals surface area contributed by atoms with Crippen LogP contribution in [0.1, 0.15) is 18.0 Å². The molecule has 5 nitrogen and oxygen atoms in total. The molecule has 1 aliphatic rings. The number of carboxylic acid groups (broad SMARTS) is 1. The number of benzene rings is 1. The lowest BCUT2D eigenvalue weighted by Gasteiger charge is -2.18. The van der Waals surface area contributed by atoms with Crippen molar-refractivity contribution in [1.82, 2.24) is 5.32 Å². The molecule has 1 aliphatic heterocycles. The highest BCUT2D eigenvalue weighted by atomic mass is 79.9. The second-order valence-corrected chi connectivity index (χ2v) is 5.31. The van der Waals surface area contributed by atoms with Gasteiger partial charge in [0.2, 0.25) is 0 Å². The second-order valence-electron chi connectivity index (χ2n) is 4.46. The minimum Gasteiger partial charge on any atom is -0.497 e. The minimum atomic E-state index is -0.765. The number of methoxy groups -OCH3 is 2. The fraction of sp³-hybridized carbons (Fsp3) is 0.462. The van der Waals surface area contributed by atoms with Crippen molar-refractivity contribution in [2.24, 2.45) is 5.92 Å². The van der Waals surface area contributed by atoms with Crippen LogP contribution in [-0.4, -0.2) is 31.8 Å². The number of halogens is 1. The number of nitrogens with one attached hydrogen (secondary N) is 1. The Labute approximate surface area is 120 Å². The number of carbonyl (C=O) groups is 1. The van der Waals surface area contributed by atoms with Gasteiger partial charge in [-0.25, -0.2) is 0 Å². The molecule has 6 heteroatoms. The van der Waals surface area contributed by atoms with Crippen LogP contribution < -0.4 is 14.8 Å². The van der Waals surface area contributed by atoms with Gasteiger partial charge in [-0.3, -0.25) is 4.79 Å². The van der Waals surface area contributed by atoms with Crippen LogP contribution in [0, 0.1) is 5.92 Å². The van der Waals surface area contributed by atoms with Crippen LogP contribution in [0.15, 0.2) is 16.6 Å². The normalized spacial score (nSPS) is 22.3. The summed E-state index contributed by atoms with van der Waals surface area (Å²) in [6.45, 7) is 0.474. The molecular formula is C13H16BrNO4. The summed E-state index contributed by atoms with van der Waals surface area (Å²) in [5.74, 6) is 0.261. The first-order valence-electron chi connectivity index (χ1n) is 5.94. The van der Waals surface area contributed by atoms with Gasteiger partial charge in [-0.2, -0.15) is 0 Å². The van der Waals surface area contributed by atoms with Crippen LogP contribution in [0.3, 0.4) is 0 Å². The summed E-state index contributed by atoms with van der Waals surface area (Å²) in [5.41, 5.74) is 0.937. The first-order chi connectivity index (χ1) is 9.06. The highest BCUT2D eigenvalue weighted by Crippen LogP contribution is 2.40. The number of rotatable bonds is 4. The quantitative estimate of drug-likeness (QED) is 0.886. The van der Waals surface area contributed by atoms with Crippen molar-refractivity contribution in [2.45, 2.75) is 12.5 Å². The minimum absolute atomic E-state index is 0.0312. The van der Waals surface area contributed by atoms with Gasteiger partial charge >= 0.3 is 5.97 Å². The summed E-state index contributed by atoms with van der Waals surface area (Å²) in [4.78, 5) is 11.0. The molecule has 0 bridgehead atoms. The van der Waals surface area contributed by atoms with E-state index in [0.717, 1.165) is 10.0 Å². The lowest BCUT2D eigenvalue weighted by atomic mass is 9.99. The summed E-state index contributed by atoms with van der Waals surface area (Å²) in [6.07, 6.45) is 0.552. The predicted octanol–water partition coefficient (Wildman–Crippen LogP) is 2.20. The van der Waals surface area contributed by atoms with E-state index in [-0.39, 0.29) is 12.0 Å². The molecule has 0 radical (unpaired) electrons. The average Bonchev–Trinajstić information content (AvgIpc) is 2.86. The van der Waals surface area contributed by atoms with Gasteiger partial charge in [-0.05, 0) is 12.5 Å². The van der Waals surface area contributed by atoms with Gasteiger partial charge in [0.15, 0.2) is 0 Å². The summed E-state index contributed by atoms with van der Waals surface area (Å²) < 4.78 is 11.4. The third-order valence-electron chi connectivity index (χ3n) is 3.35. The molecule has 2 atom stereocenters. The standard InChI is InChI=1S/C13H16BrNO4/c1-18-8-4-9(14)12(11(5-8)19-2)10-3-7(6-15-10)13(16)17/h4-5,7,10,15H,3,6H2,1-2H3,(H,16,17). The highest BCUT2D eigenvalue weighted by molar-refractivity contribution is 9.10. The molecule has 1 aromatic carbocycles. The van der Waals surface area contributed by atoms with E-state index in [9.17, 15) is 4.79 Å². The van der Waals surface area contributed by atoms with E-state index in [4.69, 9.17) is 14.6 Å². The van der Waals surface area contributed by atoms with Gasteiger partial charge in [0.1, 0.15) is 11.5 Å². The molecule has 0 spiro atoms. The smallest absolute Gasteiger partial charge is 0.307 e. The van der Waals surface area contributed by atoms with Crippen molar-refractivity contribution in [2.75, 3.05) is 20.8 Å². The molecule has 2 unspecified atom stereocenters. The van der Waals surface area contributed by atoms with Crippen molar-refractivity contribution < 1.29 is 19.4 Å². The van der Waals surface area contributed by atoms with Crippen LogP contribution in [0.25, 0.3) is 0 Å². The maximum atomic E-state index is 11.0. The number of carboxylic acids is 1. The predicted molar refractivity (Wildman–Crippen MR) is 73.7 cm³/mol. The zero-order chi connectivity index (χ0) is 14.0. The average molecular weight is 330 g/mol. The molecule has 1 fully saturated rings. The van der Waals surface area contributed by atoms with Gasteiger partial charge in [0.05, 0.1) is 20.1 Å². The van der Waals surface area contributed by atoms with Gasteiger partial charge in [0.25, 0.3) is 0 Å². The van der Waals surface area contributed by atoms with E-state index in [1.165, 1.54) is 0 Å². The molecule has 2 rings (SSSR count). The molecule has 2 N–H and O–H groups in total. The fourth-order valence-corrected chi connectivity index (χ4v) is 3.03. The van der Waals surface area contributed by atoms with Crippen molar-refractivity contribution in [1.29, 1.82) is 0 Å². The van der Waals surface area contributed by atoms with Gasteiger partial charge < -0.3 is 19.9 Å². The zero-order valence-electron chi connectivity index (χ0n) is 10.8. The Hall–Kier alpha value is -1.27. The first-order valence-corrected chi connectivity index (χ1v) is 6.73. The Morgan fingerprint density at radius 3 is 2.68 bits per heavy atom. The van der Waals surface area contributed by atoms with Crippen molar-refractivity contribution >= 4 is 21.9 Å². The molecule has 0 aromatic heterocycles. The largest absolute Gasteiger partial charge is 0.497 e. The molecule has 1 saturated heterocycles. The van der Waals surface area contributed by atoms with Crippen molar-refractivity contribution in [3.63, 3.8) is 0 Å². The monoisotopic (exact) mass is 329 g/mol. The van der Waals surface area contributed by atoms with Gasteiger partial charge in [0, 0.05) is 28.7 Å². The first kappa shape index (κ1) is 14.1.